The van der Waals surface area contributed by atoms with E-state index in [2.05, 4.69) is 23.2 Å². The van der Waals surface area contributed by atoms with E-state index in [1.807, 2.05) is 24.4 Å². The molecule has 1 aliphatic heterocycles. The van der Waals surface area contributed by atoms with Gasteiger partial charge in [-0.3, -0.25) is 0 Å². The maximum atomic E-state index is 13.9. The van der Waals surface area contributed by atoms with Crippen molar-refractivity contribution in [2.45, 2.75) is 4.90 Å². The molecule has 0 atom stereocenters. The number of fused-ring (bicyclic) bond motifs is 2. The van der Waals surface area contributed by atoms with Crippen LogP contribution in [0.2, 0.25) is 0 Å². The monoisotopic (exact) mass is 281 g/mol. The molecule has 0 saturated carbocycles. The van der Waals surface area contributed by atoms with Crippen LogP contribution in [0.4, 0.5) is 4.39 Å². The second-order valence-corrected chi connectivity index (χ2v) is 5.82. The summed E-state index contributed by atoms with van der Waals surface area (Å²) in [6.45, 7) is 0. The predicted molar refractivity (Wildman–Crippen MR) is 82.5 cm³/mol. The Bertz CT molecular complexity index is 832. The Balaban J connectivity index is 1.96. The number of hydrogen-bond acceptors (Lipinski definition) is 1. The second-order valence-electron chi connectivity index (χ2n) is 4.79. The number of hydrogen-bond donors (Lipinski definition) is 1. The summed E-state index contributed by atoms with van der Waals surface area (Å²) in [5.41, 5.74) is 4.37. The van der Waals surface area contributed by atoms with Gasteiger partial charge in [0.2, 0.25) is 0 Å². The highest BCUT2D eigenvalue weighted by Gasteiger charge is 2.19. The van der Waals surface area contributed by atoms with Crippen LogP contribution < -0.4 is 0 Å². The number of benzene rings is 2. The summed E-state index contributed by atoms with van der Waals surface area (Å²) >= 11 is 1.56. The van der Waals surface area contributed by atoms with E-state index in [1.54, 1.807) is 17.8 Å². The highest BCUT2D eigenvalue weighted by atomic mass is 32.2. The highest BCUT2D eigenvalue weighted by molar-refractivity contribution is 7.99. The molecular formula is C17H12FNS. The molecule has 0 saturated heterocycles. The van der Waals surface area contributed by atoms with E-state index in [0.717, 1.165) is 32.9 Å². The quantitative estimate of drug-likeness (QED) is 0.674. The fraction of sp³-hybridized carbons (Fsp3) is 0.0588. The van der Waals surface area contributed by atoms with E-state index >= 15 is 0 Å². The molecule has 0 bridgehead atoms. The van der Waals surface area contributed by atoms with Crippen molar-refractivity contribution in [3.05, 3.63) is 71.7 Å². The van der Waals surface area contributed by atoms with Gasteiger partial charge in [-0.25, -0.2) is 4.39 Å². The molecule has 3 aromatic rings. The molecule has 1 N–H and O–H groups in total. The van der Waals surface area contributed by atoms with E-state index in [1.165, 1.54) is 11.5 Å². The Hall–Kier alpha value is -2.00. The summed E-state index contributed by atoms with van der Waals surface area (Å²) in [5.74, 6) is 0.681. The number of aromatic nitrogens is 1. The molecule has 2 heterocycles. The van der Waals surface area contributed by atoms with Crippen molar-refractivity contribution in [2.24, 2.45) is 0 Å². The van der Waals surface area contributed by atoms with Gasteiger partial charge < -0.3 is 4.98 Å². The number of nitrogens with one attached hydrogen (secondary N) is 1. The van der Waals surface area contributed by atoms with Crippen LogP contribution in [0.3, 0.4) is 0 Å². The molecule has 0 aliphatic carbocycles. The molecule has 0 spiro atoms. The van der Waals surface area contributed by atoms with E-state index in [4.69, 9.17) is 0 Å². The molecule has 3 heteroatoms. The summed E-state index contributed by atoms with van der Waals surface area (Å²) in [6, 6.07) is 13.5. The van der Waals surface area contributed by atoms with Crippen molar-refractivity contribution in [3.63, 3.8) is 0 Å². The maximum absolute atomic E-state index is 13.9. The van der Waals surface area contributed by atoms with Crippen molar-refractivity contribution in [1.82, 2.24) is 4.98 Å². The average molecular weight is 281 g/mol. The van der Waals surface area contributed by atoms with Gasteiger partial charge in [-0.15, -0.1) is 11.8 Å². The number of halogens is 1. The molecule has 1 aliphatic rings. The topological polar surface area (TPSA) is 15.8 Å². The Morgan fingerprint density at radius 2 is 1.90 bits per heavy atom. The third-order valence-electron chi connectivity index (χ3n) is 3.65. The zero-order valence-corrected chi connectivity index (χ0v) is 11.5. The van der Waals surface area contributed by atoms with E-state index in [9.17, 15) is 4.39 Å². The Kier molecular flexibility index (Phi) is 2.67. The second kappa shape index (κ2) is 4.53. The van der Waals surface area contributed by atoms with Gasteiger partial charge in [0.25, 0.3) is 0 Å². The SMILES string of the molecule is Fc1cccc2c1SCC=C2c1c[nH]c2ccccc12. The summed E-state index contributed by atoms with van der Waals surface area (Å²) in [7, 11) is 0. The summed E-state index contributed by atoms with van der Waals surface area (Å²) in [5, 5.41) is 1.18. The van der Waals surface area contributed by atoms with Crippen molar-refractivity contribution in [1.29, 1.82) is 0 Å². The minimum atomic E-state index is -0.127. The standard InChI is InChI=1S/C17H12FNS/c18-15-6-3-5-13-11(8-9-20-17(13)15)14-10-19-16-7-2-1-4-12(14)16/h1-8,10,19H,9H2. The molecular weight excluding hydrogens is 269 g/mol. The van der Waals surface area contributed by atoms with Gasteiger partial charge in [-0.2, -0.15) is 0 Å². The van der Waals surface area contributed by atoms with Gasteiger partial charge in [0, 0.05) is 28.4 Å². The molecule has 0 unspecified atom stereocenters. The summed E-state index contributed by atoms with van der Waals surface area (Å²) < 4.78 is 13.9. The molecule has 4 rings (SSSR count). The molecule has 0 amide bonds. The van der Waals surface area contributed by atoms with Crippen LogP contribution in [-0.4, -0.2) is 10.7 Å². The molecule has 1 nitrogen and oxygen atoms in total. The van der Waals surface area contributed by atoms with Gasteiger partial charge in [0.05, 0.1) is 4.90 Å². The van der Waals surface area contributed by atoms with Crippen molar-refractivity contribution in [2.75, 3.05) is 5.75 Å². The number of rotatable bonds is 1. The Morgan fingerprint density at radius 3 is 2.85 bits per heavy atom. The lowest BCUT2D eigenvalue weighted by atomic mass is 9.97. The molecule has 0 radical (unpaired) electrons. The summed E-state index contributed by atoms with van der Waals surface area (Å²) in [6.07, 6.45) is 4.20. The first kappa shape index (κ1) is 11.8. The van der Waals surface area contributed by atoms with Gasteiger partial charge >= 0.3 is 0 Å². The first-order valence-corrected chi connectivity index (χ1v) is 7.51. The Morgan fingerprint density at radius 1 is 1.00 bits per heavy atom. The van der Waals surface area contributed by atoms with Gasteiger partial charge in [-0.1, -0.05) is 36.4 Å². The molecule has 2 aromatic carbocycles. The largest absolute Gasteiger partial charge is 0.361 e. The lowest BCUT2D eigenvalue weighted by Crippen LogP contribution is -1.99. The zero-order chi connectivity index (χ0) is 13.5. The lowest BCUT2D eigenvalue weighted by molar-refractivity contribution is 0.601. The molecule has 1 aromatic heterocycles. The van der Waals surface area contributed by atoms with Crippen LogP contribution >= 0.6 is 11.8 Å². The highest BCUT2D eigenvalue weighted by Crippen LogP contribution is 2.40. The van der Waals surface area contributed by atoms with Gasteiger partial charge in [0.1, 0.15) is 5.82 Å². The Labute approximate surface area is 120 Å². The minimum absolute atomic E-state index is 0.127. The van der Waals surface area contributed by atoms with Gasteiger partial charge in [0.15, 0.2) is 0 Å². The third-order valence-corrected chi connectivity index (χ3v) is 4.69. The number of aromatic amines is 1. The van der Waals surface area contributed by atoms with Crippen molar-refractivity contribution in [3.8, 4) is 0 Å². The van der Waals surface area contributed by atoms with Crippen LogP contribution in [0, 0.1) is 5.82 Å². The van der Waals surface area contributed by atoms with Crippen molar-refractivity contribution < 1.29 is 4.39 Å². The van der Waals surface area contributed by atoms with Crippen LogP contribution in [0.25, 0.3) is 16.5 Å². The van der Waals surface area contributed by atoms with E-state index in [0.29, 0.717) is 0 Å². The minimum Gasteiger partial charge on any atom is -0.361 e. The fourth-order valence-electron chi connectivity index (χ4n) is 2.74. The van der Waals surface area contributed by atoms with E-state index in [-0.39, 0.29) is 5.82 Å². The van der Waals surface area contributed by atoms with Crippen LogP contribution in [0.5, 0.6) is 0 Å². The fourth-order valence-corrected chi connectivity index (χ4v) is 3.69. The number of H-pyrrole nitrogens is 1. The van der Waals surface area contributed by atoms with Crippen LogP contribution in [0.1, 0.15) is 11.1 Å². The molecule has 0 fully saturated rings. The average Bonchev–Trinajstić information content (AvgIpc) is 2.91. The smallest absolute Gasteiger partial charge is 0.137 e. The van der Waals surface area contributed by atoms with E-state index < -0.39 is 0 Å². The molecule has 20 heavy (non-hydrogen) atoms. The molecule has 98 valence electrons. The normalized spacial score (nSPS) is 14.2. The predicted octanol–water partition coefficient (Wildman–Crippen LogP) is 4.84. The third kappa shape index (κ3) is 1.70. The summed E-state index contributed by atoms with van der Waals surface area (Å²) in [4.78, 5) is 4.05. The van der Waals surface area contributed by atoms with Crippen LogP contribution in [-0.2, 0) is 0 Å². The maximum Gasteiger partial charge on any atom is 0.137 e. The number of para-hydroxylation sites is 1. The first-order valence-electron chi connectivity index (χ1n) is 6.53. The zero-order valence-electron chi connectivity index (χ0n) is 10.7. The van der Waals surface area contributed by atoms with Gasteiger partial charge in [-0.05, 0) is 23.3 Å². The van der Waals surface area contributed by atoms with Crippen molar-refractivity contribution >= 4 is 28.2 Å². The van der Waals surface area contributed by atoms with Crippen LogP contribution in [0.15, 0.2) is 59.6 Å². The number of thioether (sulfide) groups is 1. The lowest BCUT2D eigenvalue weighted by Gasteiger charge is -2.17. The first-order chi connectivity index (χ1) is 9.84.